The maximum Gasteiger partial charge on any atom is 0.0119 e. The summed E-state index contributed by atoms with van der Waals surface area (Å²) in [7, 11) is 0. The first-order valence-corrected chi connectivity index (χ1v) is 5.94. The normalized spacial score (nSPS) is 18.7. The molecule has 0 saturated carbocycles. The highest BCUT2D eigenvalue weighted by atomic mass is 15.2. The lowest BCUT2D eigenvalue weighted by Crippen LogP contribution is -2.43. The first-order chi connectivity index (χ1) is 6.88. The third kappa shape index (κ3) is 3.81. The molecule has 1 fully saturated rings. The van der Waals surface area contributed by atoms with Gasteiger partial charge in [-0.05, 0) is 45.3 Å². The first kappa shape index (κ1) is 11.7. The minimum Gasteiger partial charge on any atom is -0.317 e. The predicted octanol–water partition coefficient (Wildman–Crippen LogP) is 2.03. The smallest absolute Gasteiger partial charge is 0.0119 e. The summed E-state index contributed by atoms with van der Waals surface area (Å²) in [5, 5.41) is 3.42. The fourth-order valence-corrected chi connectivity index (χ4v) is 2.19. The van der Waals surface area contributed by atoms with Crippen LogP contribution in [0.5, 0.6) is 0 Å². The minimum atomic E-state index is 0.816. The van der Waals surface area contributed by atoms with Crippen molar-refractivity contribution in [2.75, 3.05) is 26.2 Å². The molecule has 0 aromatic carbocycles. The molecule has 2 nitrogen and oxygen atoms in total. The first-order valence-electron chi connectivity index (χ1n) is 5.94. The maximum absolute atomic E-state index is 3.80. The Morgan fingerprint density at radius 3 is 2.64 bits per heavy atom. The monoisotopic (exact) mass is 196 g/mol. The molecule has 1 heterocycles. The fourth-order valence-electron chi connectivity index (χ4n) is 2.19. The molecule has 1 rings (SSSR count). The van der Waals surface area contributed by atoms with Crippen molar-refractivity contribution in [2.24, 2.45) is 0 Å². The summed E-state index contributed by atoms with van der Waals surface area (Å²) < 4.78 is 0. The van der Waals surface area contributed by atoms with E-state index in [4.69, 9.17) is 0 Å². The van der Waals surface area contributed by atoms with Gasteiger partial charge >= 0.3 is 0 Å². The molecule has 0 aromatic rings. The van der Waals surface area contributed by atoms with Gasteiger partial charge in [0.1, 0.15) is 0 Å². The molecule has 0 bridgehead atoms. The van der Waals surface area contributed by atoms with Crippen molar-refractivity contribution in [3.63, 3.8) is 0 Å². The highest BCUT2D eigenvalue weighted by Gasteiger charge is 2.19. The second-order valence-electron chi connectivity index (χ2n) is 4.09. The lowest BCUT2D eigenvalue weighted by molar-refractivity contribution is 0.165. The van der Waals surface area contributed by atoms with E-state index in [1.54, 1.807) is 0 Å². The molecule has 14 heavy (non-hydrogen) atoms. The molecule has 0 spiro atoms. The summed E-state index contributed by atoms with van der Waals surface area (Å²) in [5.41, 5.74) is 0. The molecular formula is C12H24N2. The lowest BCUT2D eigenvalue weighted by Gasteiger charge is -2.34. The zero-order valence-corrected chi connectivity index (χ0v) is 9.47. The van der Waals surface area contributed by atoms with Crippen molar-refractivity contribution in [2.45, 2.75) is 38.6 Å². The van der Waals surface area contributed by atoms with E-state index in [2.05, 4.69) is 23.7 Å². The fraction of sp³-hybridized carbons (Fsp3) is 0.833. The minimum absolute atomic E-state index is 0.816. The Morgan fingerprint density at radius 2 is 2.07 bits per heavy atom. The van der Waals surface area contributed by atoms with Gasteiger partial charge in [0.15, 0.2) is 0 Å². The van der Waals surface area contributed by atoms with E-state index in [1.807, 2.05) is 6.08 Å². The second kappa shape index (κ2) is 7.02. The van der Waals surface area contributed by atoms with E-state index in [-0.39, 0.29) is 0 Å². The lowest BCUT2D eigenvalue weighted by atomic mass is 10.0. The van der Waals surface area contributed by atoms with E-state index in [9.17, 15) is 0 Å². The number of piperidine rings is 1. The Bertz CT molecular complexity index is 150. The van der Waals surface area contributed by atoms with Gasteiger partial charge in [0.2, 0.25) is 0 Å². The van der Waals surface area contributed by atoms with Crippen LogP contribution >= 0.6 is 0 Å². The Morgan fingerprint density at radius 1 is 1.36 bits per heavy atom. The van der Waals surface area contributed by atoms with Gasteiger partial charge in [0.05, 0.1) is 0 Å². The van der Waals surface area contributed by atoms with Gasteiger partial charge in [0.25, 0.3) is 0 Å². The SMILES string of the molecule is C=CCCN(CCC)C1CCNCC1. The van der Waals surface area contributed by atoms with E-state index in [0.29, 0.717) is 0 Å². The van der Waals surface area contributed by atoms with Gasteiger partial charge in [-0.3, -0.25) is 4.90 Å². The van der Waals surface area contributed by atoms with Crippen molar-refractivity contribution in [1.29, 1.82) is 0 Å². The topological polar surface area (TPSA) is 15.3 Å². The van der Waals surface area contributed by atoms with Crippen LogP contribution < -0.4 is 5.32 Å². The van der Waals surface area contributed by atoms with Crippen LogP contribution in [0.3, 0.4) is 0 Å². The molecule has 0 atom stereocenters. The van der Waals surface area contributed by atoms with E-state index in [1.165, 1.54) is 45.4 Å². The summed E-state index contributed by atoms with van der Waals surface area (Å²) in [5.74, 6) is 0. The molecule has 2 heteroatoms. The van der Waals surface area contributed by atoms with Crippen molar-refractivity contribution in [1.82, 2.24) is 10.2 Å². The van der Waals surface area contributed by atoms with Crippen molar-refractivity contribution in [3.05, 3.63) is 12.7 Å². The van der Waals surface area contributed by atoms with Crippen molar-refractivity contribution < 1.29 is 0 Å². The zero-order valence-electron chi connectivity index (χ0n) is 9.47. The van der Waals surface area contributed by atoms with Crippen LogP contribution in [-0.4, -0.2) is 37.1 Å². The van der Waals surface area contributed by atoms with Crippen LogP contribution in [0.25, 0.3) is 0 Å². The maximum atomic E-state index is 3.80. The molecule has 0 unspecified atom stereocenters. The van der Waals surface area contributed by atoms with Crippen LogP contribution in [0.4, 0.5) is 0 Å². The third-order valence-electron chi connectivity index (χ3n) is 2.96. The van der Waals surface area contributed by atoms with Gasteiger partial charge in [-0.25, -0.2) is 0 Å². The second-order valence-corrected chi connectivity index (χ2v) is 4.09. The Kier molecular flexibility index (Phi) is 5.88. The molecular weight excluding hydrogens is 172 g/mol. The summed E-state index contributed by atoms with van der Waals surface area (Å²) in [4.78, 5) is 2.64. The number of rotatable bonds is 6. The standard InChI is InChI=1S/C12H24N2/c1-3-5-11-14(10-4-2)12-6-8-13-9-7-12/h3,12-13H,1,4-11H2,2H3. The average molecular weight is 196 g/mol. The van der Waals surface area contributed by atoms with Gasteiger partial charge in [0, 0.05) is 12.6 Å². The number of hydrogen-bond acceptors (Lipinski definition) is 2. The molecule has 1 N–H and O–H groups in total. The summed E-state index contributed by atoms with van der Waals surface area (Å²) in [6.45, 7) is 10.9. The predicted molar refractivity (Wildman–Crippen MR) is 62.6 cm³/mol. The highest BCUT2D eigenvalue weighted by molar-refractivity contribution is 4.79. The summed E-state index contributed by atoms with van der Waals surface area (Å²) in [6.07, 6.45) is 7.06. The quantitative estimate of drug-likeness (QED) is 0.654. The van der Waals surface area contributed by atoms with Crippen molar-refractivity contribution >= 4 is 0 Å². The van der Waals surface area contributed by atoms with Crippen LogP contribution in [0.15, 0.2) is 12.7 Å². The Hall–Kier alpha value is -0.340. The van der Waals surface area contributed by atoms with Crippen LogP contribution in [0.2, 0.25) is 0 Å². The Labute approximate surface area is 88.4 Å². The third-order valence-corrected chi connectivity index (χ3v) is 2.96. The van der Waals surface area contributed by atoms with E-state index >= 15 is 0 Å². The molecule has 0 radical (unpaired) electrons. The molecule has 1 aliphatic heterocycles. The van der Waals surface area contributed by atoms with Gasteiger partial charge in [-0.15, -0.1) is 6.58 Å². The molecule has 0 aliphatic carbocycles. The van der Waals surface area contributed by atoms with Crippen LogP contribution in [0, 0.1) is 0 Å². The summed E-state index contributed by atoms with van der Waals surface area (Å²) >= 11 is 0. The highest BCUT2D eigenvalue weighted by Crippen LogP contribution is 2.12. The molecule has 1 saturated heterocycles. The van der Waals surface area contributed by atoms with Gasteiger partial charge < -0.3 is 5.32 Å². The zero-order chi connectivity index (χ0) is 10.2. The van der Waals surface area contributed by atoms with Gasteiger partial charge in [-0.1, -0.05) is 13.0 Å². The van der Waals surface area contributed by atoms with Gasteiger partial charge in [-0.2, -0.15) is 0 Å². The molecule has 0 aromatic heterocycles. The largest absolute Gasteiger partial charge is 0.317 e. The average Bonchev–Trinajstić information content (AvgIpc) is 2.25. The van der Waals surface area contributed by atoms with E-state index < -0.39 is 0 Å². The van der Waals surface area contributed by atoms with Crippen molar-refractivity contribution in [3.8, 4) is 0 Å². The molecule has 0 amide bonds. The van der Waals surface area contributed by atoms with E-state index in [0.717, 1.165) is 12.5 Å². The molecule has 1 aliphatic rings. The number of nitrogens with zero attached hydrogens (tertiary/aromatic N) is 1. The number of nitrogens with one attached hydrogen (secondary N) is 1. The Balaban J connectivity index is 2.33. The molecule has 82 valence electrons. The van der Waals surface area contributed by atoms with Crippen LogP contribution in [0.1, 0.15) is 32.6 Å². The summed E-state index contributed by atoms with van der Waals surface area (Å²) in [6, 6.07) is 0.816. The van der Waals surface area contributed by atoms with Crippen LogP contribution in [-0.2, 0) is 0 Å². The number of hydrogen-bond donors (Lipinski definition) is 1.